The van der Waals surface area contributed by atoms with Crippen LogP contribution >= 0.6 is 24.8 Å². The fraction of sp³-hybridized carbons (Fsp3) is 0.600. The summed E-state index contributed by atoms with van der Waals surface area (Å²) in [6.07, 6.45) is 6.56. The predicted octanol–water partition coefficient (Wildman–Crippen LogP) is 2.71. The van der Waals surface area contributed by atoms with Gasteiger partial charge in [-0.05, 0) is 37.8 Å². The van der Waals surface area contributed by atoms with Gasteiger partial charge in [0.1, 0.15) is 0 Å². The normalized spacial score (nSPS) is 19.6. The van der Waals surface area contributed by atoms with E-state index < -0.39 is 5.54 Å². The van der Waals surface area contributed by atoms with Crippen LogP contribution in [-0.2, 0) is 9.59 Å². The molecule has 2 fully saturated rings. The maximum absolute atomic E-state index is 12.5. The molecule has 1 heterocycles. The summed E-state index contributed by atoms with van der Waals surface area (Å²) in [6, 6.07) is 9.66. The first-order valence-electron chi connectivity index (χ1n) is 9.72. The number of para-hydroxylation sites is 1. The minimum absolute atomic E-state index is 0. The quantitative estimate of drug-likeness (QED) is 0.669. The van der Waals surface area contributed by atoms with Gasteiger partial charge in [-0.2, -0.15) is 0 Å². The molecular weight excluding hydrogens is 399 g/mol. The number of nitrogens with one attached hydrogen (secondary N) is 2. The van der Waals surface area contributed by atoms with Crippen molar-refractivity contribution in [3.8, 4) is 0 Å². The zero-order valence-electron chi connectivity index (χ0n) is 16.2. The molecule has 8 heteroatoms. The number of halogens is 2. The second-order valence-corrected chi connectivity index (χ2v) is 7.65. The molecule has 0 radical (unpaired) electrons. The molecule has 1 saturated carbocycles. The van der Waals surface area contributed by atoms with Crippen molar-refractivity contribution >= 4 is 42.3 Å². The van der Waals surface area contributed by atoms with E-state index in [0.29, 0.717) is 6.54 Å². The monoisotopic (exact) mass is 430 g/mol. The highest BCUT2D eigenvalue weighted by molar-refractivity contribution is 5.92. The Morgan fingerprint density at radius 3 is 2.25 bits per heavy atom. The van der Waals surface area contributed by atoms with Crippen molar-refractivity contribution in [3.05, 3.63) is 30.3 Å². The Balaban J connectivity index is 0.00000196. The van der Waals surface area contributed by atoms with Crippen LogP contribution in [0.15, 0.2) is 30.3 Å². The summed E-state index contributed by atoms with van der Waals surface area (Å²) in [5.74, 6) is 0.0132. The van der Waals surface area contributed by atoms with Crippen molar-refractivity contribution in [2.75, 3.05) is 25.0 Å². The molecule has 4 N–H and O–H groups in total. The fourth-order valence-electron chi connectivity index (χ4n) is 3.90. The lowest BCUT2D eigenvalue weighted by Crippen LogP contribution is -2.58. The number of rotatable bonds is 5. The summed E-state index contributed by atoms with van der Waals surface area (Å²) in [5, 5.41) is 6.07. The number of benzene rings is 1. The standard InChI is InChI=1S/C20H30N4O2.2ClH/c21-20(11-5-2-6-12-20)19(26)23-17-9-13-24(14-10-17)15-18(25)22-16-7-3-1-4-8-16;;/h1,3-4,7-8,17H,2,5-6,9-15,21H2,(H,22,25)(H,23,26);2*1H. The zero-order valence-corrected chi connectivity index (χ0v) is 17.8. The minimum atomic E-state index is -0.676. The van der Waals surface area contributed by atoms with Gasteiger partial charge in [0.2, 0.25) is 11.8 Å². The van der Waals surface area contributed by atoms with E-state index in [1.807, 2.05) is 30.3 Å². The van der Waals surface area contributed by atoms with E-state index in [1.54, 1.807) is 0 Å². The van der Waals surface area contributed by atoms with Crippen LogP contribution in [0, 0.1) is 0 Å². The smallest absolute Gasteiger partial charge is 0.240 e. The number of hydrogen-bond donors (Lipinski definition) is 3. The van der Waals surface area contributed by atoms with Crippen LogP contribution in [0.4, 0.5) is 5.69 Å². The number of nitrogens with two attached hydrogens (primary N) is 1. The second kappa shape index (κ2) is 11.6. The Bertz CT molecular complexity index is 616. The summed E-state index contributed by atoms with van der Waals surface area (Å²) in [7, 11) is 0. The van der Waals surface area contributed by atoms with E-state index in [2.05, 4.69) is 15.5 Å². The summed E-state index contributed by atoms with van der Waals surface area (Å²) >= 11 is 0. The number of piperidine rings is 1. The highest BCUT2D eigenvalue weighted by atomic mass is 35.5. The van der Waals surface area contributed by atoms with Gasteiger partial charge in [-0.3, -0.25) is 14.5 Å². The number of anilines is 1. The second-order valence-electron chi connectivity index (χ2n) is 7.65. The van der Waals surface area contributed by atoms with E-state index in [4.69, 9.17) is 5.73 Å². The first kappa shape index (κ1) is 24.7. The average Bonchev–Trinajstić information content (AvgIpc) is 2.64. The summed E-state index contributed by atoms with van der Waals surface area (Å²) in [4.78, 5) is 26.8. The number of carbonyl (C=O) groups excluding carboxylic acids is 2. The Hall–Kier alpha value is -1.34. The van der Waals surface area contributed by atoms with Gasteiger partial charge in [-0.15, -0.1) is 24.8 Å². The van der Waals surface area contributed by atoms with Crippen LogP contribution in [-0.4, -0.2) is 47.9 Å². The topological polar surface area (TPSA) is 87.5 Å². The van der Waals surface area contributed by atoms with Crippen LogP contribution in [0.25, 0.3) is 0 Å². The molecule has 1 aromatic rings. The van der Waals surface area contributed by atoms with Gasteiger partial charge in [-0.25, -0.2) is 0 Å². The predicted molar refractivity (Wildman–Crippen MR) is 117 cm³/mol. The van der Waals surface area contributed by atoms with Crippen molar-refractivity contribution in [3.63, 3.8) is 0 Å². The van der Waals surface area contributed by atoms with E-state index in [-0.39, 0.29) is 42.7 Å². The fourth-order valence-corrected chi connectivity index (χ4v) is 3.90. The summed E-state index contributed by atoms with van der Waals surface area (Å²) in [5.41, 5.74) is 6.46. The van der Waals surface area contributed by atoms with Crippen molar-refractivity contribution < 1.29 is 9.59 Å². The molecule has 28 heavy (non-hydrogen) atoms. The molecular formula is C20H32Cl2N4O2. The first-order chi connectivity index (χ1) is 12.5. The molecule has 0 bridgehead atoms. The summed E-state index contributed by atoms with van der Waals surface area (Å²) in [6.45, 7) is 2.01. The molecule has 158 valence electrons. The Labute approximate surface area is 179 Å². The van der Waals surface area contributed by atoms with Gasteiger partial charge in [0.05, 0.1) is 12.1 Å². The van der Waals surface area contributed by atoms with E-state index in [0.717, 1.165) is 57.3 Å². The maximum atomic E-state index is 12.5. The molecule has 2 amide bonds. The molecule has 0 spiro atoms. The number of carbonyl (C=O) groups is 2. The van der Waals surface area contributed by atoms with Crippen LogP contribution < -0.4 is 16.4 Å². The van der Waals surface area contributed by atoms with Gasteiger partial charge in [-0.1, -0.05) is 37.5 Å². The molecule has 0 atom stereocenters. The molecule has 0 unspecified atom stereocenters. The number of amides is 2. The molecule has 1 saturated heterocycles. The molecule has 1 aliphatic heterocycles. The van der Waals surface area contributed by atoms with Crippen molar-refractivity contribution in [2.45, 2.75) is 56.5 Å². The number of nitrogens with zero attached hydrogens (tertiary/aromatic N) is 1. The van der Waals surface area contributed by atoms with Crippen molar-refractivity contribution in [1.82, 2.24) is 10.2 Å². The van der Waals surface area contributed by atoms with Gasteiger partial charge < -0.3 is 16.4 Å². The highest BCUT2D eigenvalue weighted by Crippen LogP contribution is 2.26. The largest absolute Gasteiger partial charge is 0.352 e. The van der Waals surface area contributed by atoms with Crippen LogP contribution in [0.1, 0.15) is 44.9 Å². The Morgan fingerprint density at radius 2 is 1.64 bits per heavy atom. The van der Waals surface area contributed by atoms with Crippen molar-refractivity contribution in [1.29, 1.82) is 0 Å². The highest BCUT2D eigenvalue weighted by Gasteiger charge is 2.36. The SMILES string of the molecule is Cl.Cl.NC1(C(=O)NC2CCN(CC(=O)Nc3ccccc3)CC2)CCCCC1. The number of likely N-dealkylation sites (tertiary alicyclic amines) is 1. The lowest BCUT2D eigenvalue weighted by molar-refractivity contribution is -0.128. The lowest BCUT2D eigenvalue weighted by atomic mass is 9.81. The number of hydrogen-bond acceptors (Lipinski definition) is 4. The molecule has 2 aliphatic rings. The summed E-state index contributed by atoms with van der Waals surface area (Å²) < 4.78 is 0. The van der Waals surface area contributed by atoms with Gasteiger partial charge >= 0.3 is 0 Å². The van der Waals surface area contributed by atoms with E-state index >= 15 is 0 Å². The molecule has 3 rings (SSSR count). The van der Waals surface area contributed by atoms with Crippen molar-refractivity contribution in [2.24, 2.45) is 5.73 Å². The molecule has 6 nitrogen and oxygen atoms in total. The third-order valence-electron chi connectivity index (χ3n) is 5.55. The third kappa shape index (κ3) is 6.92. The van der Waals surface area contributed by atoms with E-state index in [1.165, 1.54) is 6.42 Å². The van der Waals surface area contributed by atoms with Crippen LogP contribution in [0.5, 0.6) is 0 Å². The van der Waals surface area contributed by atoms with Gasteiger partial charge in [0, 0.05) is 24.8 Å². The van der Waals surface area contributed by atoms with E-state index in [9.17, 15) is 9.59 Å². The van der Waals surface area contributed by atoms with Gasteiger partial charge in [0.15, 0.2) is 0 Å². The Morgan fingerprint density at radius 1 is 1.04 bits per heavy atom. The van der Waals surface area contributed by atoms with Gasteiger partial charge in [0.25, 0.3) is 0 Å². The molecule has 1 aliphatic carbocycles. The average molecular weight is 431 g/mol. The molecule has 0 aromatic heterocycles. The van der Waals surface area contributed by atoms with Crippen LogP contribution in [0.2, 0.25) is 0 Å². The van der Waals surface area contributed by atoms with Crippen LogP contribution in [0.3, 0.4) is 0 Å². The third-order valence-corrected chi connectivity index (χ3v) is 5.55. The minimum Gasteiger partial charge on any atom is -0.352 e. The molecule has 1 aromatic carbocycles. The lowest BCUT2D eigenvalue weighted by Gasteiger charge is -2.36. The first-order valence-corrected chi connectivity index (χ1v) is 9.72. The zero-order chi connectivity index (χ0) is 18.4. The Kier molecular flexibility index (Phi) is 10.2. The maximum Gasteiger partial charge on any atom is 0.240 e.